The number of nitrogens with zero attached hydrogens (tertiary/aromatic N) is 3. The van der Waals surface area contributed by atoms with Crippen molar-refractivity contribution in [3.63, 3.8) is 0 Å². The second-order valence-electron chi connectivity index (χ2n) is 5.69. The first-order valence-corrected chi connectivity index (χ1v) is 7.69. The molecule has 3 rings (SSSR count). The van der Waals surface area contributed by atoms with Gasteiger partial charge in [-0.1, -0.05) is 6.07 Å². The molecular weight excluding hydrogens is 332 g/mol. The molecule has 25 heavy (non-hydrogen) atoms. The van der Waals surface area contributed by atoms with Gasteiger partial charge in [-0.05, 0) is 24.3 Å². The molecule has 0 atom stereocenters. The average molecular weight is 347 g/mol. The molecule has 1 amide bonds. The number of non-ortho nitro benzene ring substituents is 1. The maximum atomic E-state index is 13.3. The quantitative estimate of drug-likeness (QED) is 0.633. The average Bonchev–Trinajstić information content (AvgIpc) is 2.63. The minimum absolute atomic E-state index is 0.0118. The summed E-state index contributed by atoms with van der Waals surface area (Å²) in [5, 5.41) is 10.9. The highest BCUT2D eigenvalue weighted by molar-refractivity contribution is 5.94. The Balaban J connectivity index is 1.67. The van der Waals surface area contributed by atoms with E-state index in [1.165, 1.54) is 18.2 Å². The number of hydrogen-bond donors (Lipinski definition) is 0. The first kappa shape index (κ1) is 16.8. The predicted octanol–water partition coefficient (Wildman–Crippen LogP) is 2.84. The summed E-state index contributed by atoms with van der Waals surface area (Å²) in [6.07, 6.45) is 0. The Hall–Kier alpha value is -3.03. The van der Waals surface area contributed by atoms with Crippen molar-refractivity contribution in [2.75, 3.05) is 31.1 Å². The molecule has 0 N–H and O–H groups in total. The number of nitro groups is 1. The number of piperazine rings is 1. The normalized spacial score (nSPS) is 14.5. The van der Waals surface area contributed by atoms with E-state index in [0.717, 1.165) is 12.1 Å². The summed E-state index contributed by atoms with van der Waals surface area (Å²) in [7, 11) is 0. The summed E-state index contributed by atoms with van der Waals surface area (Å²) in [5.41, 5.74) is 0.828. The fourth-order valence-electron chi connectivity index (χ4n) is 2.78. The monoisotopic (exact) mass is 347 g/mol. The molecule has 1 fully saturated rings. The topological polar surface area (TPSA) is 66.7 Å². The second kappa shape index (κ2) is 6.84. The molecule has 0 aromatic heterocycles. The Bertz CT molecular complexity index is 821. The number of hydrogen-bond acceptors (Lipinski definition) is 4. The number of carbonyl (C=O) groups is 1. The predicted molar refractivity (Wildman–Crippen MR) is 87.6 cm³/mol. The van der Waals surface area contributed by atoms with Gasteiger partial charge in [0.2, 0.25) is 0 Å². The number of anilines is 1. The molecule has 130 valence electrons. The molecule has 0 bridgehead atoms. The van der Waals surface area contributed by atoms with E-state index in [2.05, 4.69) is 0 Å². The van der Waals surface area contributed by atoms with E-state index >= 15 is 0 Å². The van der Waals surface area contributed by atoms with Gasteiger partial charge in [-0.25, -0.2) is 8.78 Å². The number of benzene rings is 2. The Morgan fingerprint density at radius 3 is 2.36 bits per heavy atom. The lowest BCUT2D eigenvalue weighted by Gasteiger charge is -2.36. The van der Waals surface area contributed by atoms with E-state index in [4.69, 9.17) is 0 Å². The molecule has 1 aliphatic heterocycles. The van der Waals surface area contributed by atoms with Crippen molar-refractivity contribution in [3.05, 3.63) is 69.8 Å². The van der Waals surface area contributed by atoms with Gasteiger partial charge in [0.1, 0.15) is 0 Å². The summed E-state index contributed by atoms with van der Waals surface area (Å²) in [4.78, 5) is 26.3. The van der Waals surface area contributed by atoms with Gasteiger partial charge in [0.15, 0.2) is 11.6 Å². The third-order valence-electron chi connectivity index (χ3n) is 4.14. The Labute approximate surface area is 142 Å². The summed E-state index contributed by atoms with van der Waals surface area (Å²) < 4.78 is 26.3. The SMILES string of the molecule is O=C(c1ccc(F)c(F)c1)N1CCN(c2cccc([N+](=O)[O-])c2)CC1. The molecule has 0 saturated carbocycles. The zero-order valence-corrected chi connectivity index (χ0v) is 13.2. The summed E-state index contributed by atoms with van der Waals surface area (Å²) >= 11 is 0. The first-order chi connectivity index (χ1) is 12.0. The van der Waals surface area contributed by atoms with Crippen LogP contribution in [0.3, 0.4) is 0 Å². The van der Waals surface area contributed by atoms with Crippen LogP contribution in [0.2, 0.25) is 0 Å². The molecule has 6 nitrogen and oxygen atoms in total. The molecule has 1 aliphatic rings. The molecule has 0 unspecified atom stereocenters. The van der Waals surface area contributed by atoms with Crippen molar-refractivity contribution in [2.45, 2.75) is 0 Å². The van der Waals surface area contributed by atoms with E-state index in [1.54, 1.807) is 17.0 Å². The van der Waals surface area contributed by atoms with Gasteiger partial charge < -0.3 is 9.80 Å². The number of rotatable bonds is 3. The lowest BCUT2D eigenvalue weighted by atomic mass is 10.1. The molecule has 8 heteroatoms. The van der Waals surface area contributed by atoms with Crippen LogP contribution in [0.15, 0.2) is 42.5 Å². The molecular formula is C17H15F2N3O3. The van der Waals surface area contributed by atoms with Crippen molar-refractivity contribution < 1.29 is 18.5 Å². The van der Waals surface area contributed by atoms with Crippen LogP contribution in [0.5, 0.6) is 0 Å². The maximum absolute atomic E-state index is 13.3. The lowest BCUT2D eigenvalue weighted by Crippen LogP contribution is -2.48. The van der Waals surface area contributed by atoms with Crippen molar-refractivity contribution in [3.8, 4) is 0 Å². The third-order valence-corrected chi connectivity index (χ3v) is 4.14. The van der Waals surface area contributed by atoms with Gasteiger partial charge in [-0.2, -0.15) is 0 Å². The van der Waals surface area contributed by atoms with E-state index in [-0.39, 0.29) is 17.2 Å². The van der Waals surface area contributed by atoms with Crippen molar-refractivity contribution in [2.24, 2.45) is 0 Å². The first-order valence-electron chi connectivity index (χ1n) is 7.69. The van der Waals surface area contributed by atoms with Crippen molar-refractivity contribution in [1.29, 1.82) is 0 Å². The lowest BCUT2D eigenvalue weighted by molar-refractivity contribution is -0.384. The van der Waals surface area contributed by atoms with E-state index in [1.807, 2.05) is 4.90 Å². The molecule has 2 aromatic rings. The molecule has 1 heterocycles. The fraction of sp³-hybridized carbons (Fsp3) is 0.235. The van der Waals surface area contributed by atoms with Gasteiger partial charge in [-0.3, -0.25) is 14.9 Å². The van der Waals surface area contributed by atoms with Crippen LogP contribution in [-0.4, -0.2) is 41.9 Å². The van der Waals surface area contributed by atoms with Crippen LogP contribution in [0.1, 0.15) is 10.4 Å². The molecule has 0 aliphatic carbocycles. The smallest absolute Gasteiger partial charge is 0.271 e. The zero-order valence-electron chi connectivity index (χ0n) is 13.2. The summed E-state index contributed by atoms with van der Waals surface area (Å²) in [6, 6.07) is 9.39. The highest BCUT2D eigenvalue weighted by Crippen LogP contribution is 2.22. The van der Waals surface area contributed by atoms with Gasteiger partial charge >= 0.3 is 0 Å². The van der Waals surface area contributed by atoms with Crippen molar-refractivity contribution >= 4 is 17.3 Å². The largest absolute Gasteiger partial charge is 0.368 e. The molecule has 1 saturated heterocycles. The fourth-order valence-corrected chi connectivity index (χ4v) is 2.78. The highest BCUT2D eigenvalue weighted by atomic mass is 19.2. The number of nitro benzene ring substituents is 1. The van der Waals surface area contributed by atoms with Crippen LogP contribution in [0.25, 0.3) is 0 Å². The molecule has 2 aromatic carbocycles. The van der Waals surface area contributed by atoms with Crippen LogP contribution in [0.4, 0.5) is 20.2 Å². The molecule has 0 spiro atoms. The molecule has 0 radical (unpaired) electrons. The minimum atomic E-state index is -1.05. The van der Waals surface area contributed by atoms with E-state index in [0.29, 0.717) is 31.9 Å². The summed E-state index contributed by atoms with van der Waals surface area (Å²) in [6.45, 7) is 1.77. The standard InChI is InChI=1S/C17H15F2N3O3/c18-15-5-4-12(10-16(15)19)17(23)21-8-6-20(7-9-21)13-2-1-3-14(11-13)22(24)25/h1-5,10-11H,6-9H2. The number of halogens is 2. The zero-order chi connectivity index (χ0) is 18.0. The van der Waals surface area contributed by atoms with Crippen LogP contribution >= 0.6 is 0 Å². The minimum Gasteiger partial charge on any atom is -0.368 e. The van der Waals surface area contributed by atoms with Crippen LogP contribution < -0.4 is 4.90 Å². The van der Waals surface area contributed by atoms with Crippen LogP contribution in [-0.2, 0) is 0 Å². The highest BCUT2D eigenvalue weighted by Gasteiger charge is 2.23. The Morgan fingerprint density at radius 1 is 1.00 bits per heavy atom. The Morgan fingerprint density at radius 2 is 1.72 bits per heavy atom. The van der Waals surface area contributed by atoms with E-state index in [9.17, 15) is 23.7 Å². The number of amides is 1. The summed E-state index contributed by atoms with van der Waals surface area (Å²) in [5.74, 6) is -2.41. The Kier molecular flexibility index (Phi) is 4.60. The maximum Gasteiger partial charge on any atom is 0.271 e. The van der Waals surface area contributed by atoms with E-state index < -0.39 is 16.6 Å². The van der Waals surface area contributed by atoms with Gasteiger partial charge in [0, 0.05) is 49.6 Å². The second-order valence-corrected chi connectivity index (χ2v) is 5.69. The van der Waals surface area contributed by atoms with Gasteiger partial charge in [0.25, 0.3) is 11.6 Å². The van der Waals surface area contributed by atoms with Crippen LogP contribution in [0, 0.1) is 21.7 Å². The third kappa shape index (κ3) is 3.57. The van der Waals surface area contributed by atoms with Gasteiger partial charge in [0.05, 0.1) is 4.92 Å². The van der Waals surface area contributed by atoms with Crippen molar-refractivity contribution in [1.82, 2.24) is 4.90 Å². The van der Waals surface area contributed by atoms with Gasteiger partial charge in [-0.15, -0.1) is 0 Å². The number of carbonyl (C=O) groups excluding carboxylic acids is 1.